The summed E-state index contributed by atoms with van der Waals surface area (Å²) in [6.07, 6.45) is 1.70. The molecular weight excluding hydrogens is 225 g/mol. The van der Waals surface area contributed by atoms with E-state index in [9.17, 15) is 4.89 Å². The molecule has 2 N–H and O–H groups in total. The summed E-state index contributed by atoms with van der Waals surface area (Å²) in [6.45, 7) is 5.79. The lowest BCUT2D eigenvalue weighted by Crippen LogP contribution is -1.89. The first-order valence-corrected chi connectivity index (χ1v) is 8.11. The average Bonchev–Trinajstić information content (AvgIpc) is 2.02. The monoisotopic (exact) mass is 243 g/mol. The molecule has 0 saturated carbocycles. The average molecular weight is 243 g/mol. The van der Waals surface area contributed by atoms with E-state index < -0.39 is 5.69 Å². The van der Waals surface area contributed by atoms with Gasteiger partial charge in [0.1, 0.15) is 0 Å². The van der Waals surface area contributed by atoms with Gasteiger partial charge >= 0.3 is 0 Å². The molecule has 13 heavy (non-hydrogen) atoms. The van der Waals surface area contributed by atoms with Crippen LogP contribution in [0.5, 0.6) is 0 Å². The molecule has 6 heteroatoms. The highest BCUT2D eigenvalue weighted by molar-refractivity contribution is 8.67. The van der Waals surface area contributed by atoms with Crippen LogP contribution in [0.4, 0.5) is 0 Å². The number of rotatable bonds is 5. The molecule has 1 atom stereocenters. The Morgan fingerprint density at radius 2 is 2.15 bits per heavy atom. The molecule has 0 heterocycles. The Hall–Kier alpha value is 0.620. The topological polar surface area (TPSA) is 41.5 Å². The van der Waals surface area contributed by atoms with Crippen molar-refractivity contribution in [3.8, 4) is 0 Å². The Balaban J connectivity index is 0. The molecule has 0 radical (unpaired) electrons. The summed E-state index contributed by atoms with van der Waals surface area (Å²) in [7, 11) is 3.75. The molecule has 0 aliphatic carbocycles. The van der Waals surface area contributed by atoms with E-state index in [2.05, 4.69) is 11.9 Å². The van der Waals surface area contributed by atoms with Gasteiger partial charge in [-0.25, -0.2) is 0 Å². The zero-order valence-corrected chi connectivity index (χ0v) is 10.8. The lowest BCUT2D eigenvalue weighted by atomic mass is 10.8. The van der Waals surface area contributed by atoms with Crippen LogP contribution in [0.15, 0.2) is 12.7 Å². The first-order chi connectivity index (χ1) is 6.04. The molecule has 0 amide bonds. The fraction of sp³-hybridized carbons (Fsp3) is 0.714. The lowest BCUT2D eigenvalue weighted by molar-refractivity contribution is 0.341. The number of hydrogen-bond acceptors (Lipinski definition) is 4. The molecule has 0 aromatic rings. The lowest BCUT2D eigenvalue weighted by Gasteiger charge is -2.11. The standard InChI is InChI=1S/C5H11O2PS2.C2H7N/c1-3-5-10-8(6,9)7-4-2;1-3-2/h3H,1,4-5H2,2H3,(H,6,9);3H,1-2H3. The van der Waals surface area contributed by atoms with Crippen molar-refractivity contribution < 1.29 is 9.42 Å². The fourth-order valence-corrected chi connectivity index (χ4v) is 3.33. The Bertz CT molecular complexity index is 167. The molecule has 0 bridgehead atoms. The molecule has 0 rings (SSSR count). The summed E-state index contributed by atoms with van der Waals surface area (Å²) in [5.74, 6) is 0.647. The third-order valence-electron chi connectivity index (χ3n) is 0.648. The second kappa shape index (κ2) is 10.7. The molecule has 0 saturated heterocycles. The predicted molar refractivity (Wildman–Crippen MR) is 65.8 cm³/mol. The first-order valence-electron chi connectivity index (χ1n) is 3.85. The van der Waals surface area contributed by atoms with Crippen LogP contribution in [-0.4, -0.2) is 31.3 Å². The van der Waals surface area contributed by atoms with Gasteiger partial charge < -0.3 is 14.7 Å². The van der Waals surface area contributed by atoms with Crippen molar-refractivity contribution in [3.05, 3.63) is 12.7 Å². The molecule has 3 nitrogen and oxygen atoms in total. The molecule has 1 unspecified atom stereocenters. The predicted octanol–water partition coefficient (Wildman–Crippen LogP) is 1.99. The zero-order chi connectivity index (χ0) is 10.7. The molecule has 0 aliphatic heterocycles. The SMILES string of the molecule is C=CCSP(O)(=S)OCC.CNC. The van der Waals surface area contributed by atoms with Crippen molar-refractivity contribution in [2.45, 2.75) is 6.92 Å². The van der Waals surface area contributed by atoms with E-state index in [1.165, 1.54) is 11.4 Å². The van der Waals surface area contributed by atoms with Gasteiger partial charge in [0.25, 0.3) is 0 Å². The van der Waals surface area contributed by atoms with Gasteiger partial charge in [-0.3, -0.25) is 0 Å². The summed E-state index contributed by atoms with van der Waals surface area (Å²) in [4.78, 5) is 9.26. The van der Waals surface area contributed by atoms with Crippen molar-refractivity contribution in [1.29, 1.82) is 0 Å². The molecule has 0 spiro atoms. The second-order valence-corrected chi connectivity index (χ2v) is 8.20. The highest BCUT2D eigenvalue weighted by Crippen LogP contribution is 2.55. The van der Waals surface area contributed by atoms with Crippen molar-refractivity contribution in [2.75, 3.05) is 26.5 Å². The van der Waals surface area contributed by atoms with E-state index in [4.69, 9.17) is 16.3 Å². The molecule has 80 valence electrons. The van der Waals surface area contributed by atoms with Gasteiger partial charge in [0.05, 0.1) is 6.61 Å². The maximum absolute atomic E-state index is 9.26. The van der Waals surface area contributed by atoms with E-state index in [1.54, 1.807) is 6.08 Å². The van der Waals surface area contributed by atoms with Crippen molar-refractivity contribution >= 4 is 28.9 Å². The highest BCUT2D eigenvalue weighted by atomic mass is 32.9. The molecule has 0 fully saturated rings. The van der Waals surface area contributed by atoms with Crippen LogP contribution < -0.4 is 5.32 Å². The van der Waals surface area contributed by atoms with E-state index in [0.29, 0.717) is 12.4 Å². The van der Waals surface area contributed by atoms with E-state index >= 15 is 0 Å². The normalized spacial score (nSPS) is 13.8. The third kappa shape index (κ3) is 15.4. The summed E-state index contributed by atoms with van der Waals surface area (Å²) >= 11 is 6.01. The first kappa shape index (κ1) is 16.1. The Morgan fingerprint density at radius 3 is 2.46 bits per heavy atom. The van der Waals surface area contributed by atoms with Crippen LogP contribution in [0, 0.1) is 0 Å². The van der Waals surface area contributed by atoms with Crippen LogP contribution in [0.1, 0.15) is 6.92 Å². The van der Waals surface area contributed by atoms with Crippen LogP contribution in [0.3, 0.4) is 0 Å². The number of hydrogen-bond donors (Lipinski definition) is 2. The summed E-state index contributed by atoms with van der Waals surface area (Å²) in [6, 6.07) is 0. The summed E-state index contributed by atoms with van der Waals surface area (Å²) < 4.78 is 4.93. The van der Waals surface area contributed by atoms with E-state index in [0.717, 1.165) is 0 Å². The minimum Gasteiger partial charge on any atom is -0.337 e. The number of nitrogens with one attached hydrogen (secondary N) is 1. The Labute approximate surface area is 89.9 Å². The molecule has 0 aromatic heterocycles. The van der Waals surface area contributed by atoms with Crippen LogP contribution >= 0.6 is 17.1 Å². The van der Waals surface area contributed by atoms with Gasteiger partial charge in [-0.15, -0.1) is 6.58 Å². The Kier molecular flexibility index (Phi) is 13.2. The van der Waals surface area contributed by atoms with Gasteiger partial charge in [0, 0.05) is 5.75 Å². The van der Waals surface area contributed by atoms with Crippen LogP contribution in [-0.2, 0) is 16.3 Å². The summed E-state index contributed by atoms with van der Waals surface area (Å²) in [5, 5.41) is 2.75. The second-order valence-electron chi connectivity index (χ2n) is 1.97. The maximum atomic E-state index is 9.26. The molecule has 0 aliphatic rings. The van der Waals surface area contributed by atoms with Gasteiger partial charge in [-0.05, 0) is 32.8 Å². The van der Waals surface area contributed by atoms with Gasteiger partial charge in [-0.1, -0.05) is 17.5 Å². The van der Waals surface area contributed by atoms with E-state index in [-0.39, 0.29) is 0 Å². The zero-order valence-electron chi connectivity index (χ0n) is 8.32. The fourth-order valence-electron chi connectivity index (χ4n) is 0.347. The summed E-state index contributed by atoms with van der Waals surface area (Å²) in [5.41, 5.74) is -2.53. The van der Waals surface area contributed by atoms with Crippen molar-refractivity contribution in [1.82, 2.24) is 5.32 Å². The van der Waals surface area contributed by atoms with Crippen LogP contribution in [0.25, 0.3) is 0 Å². The Morgan fingerprint density at radius 1 is 1.69 bits per heavy atom. The van der Waals surface area contributed by atoms with Crippen LogP contribution in [0.2, 0.25) is 0 Å². The van der Waals surface area contributed by atoms with Gasteiger partial charge in [0.15, 0.2) is 0 Å². The maximum Gasteiger partial charge on any atom is 0.245 e. The smallest absolute Gasteiger partial charge is 0.245 e. The van der Waals surface area contributed by atoms with Crippen molar-refractivity contribution in [3.63, 3.8) is 0 Å². The minimum absolute atomic E-state index is 0.470. The third-order valence-corrected chi connectivity index (χ3v) is 4.95. The van der Waals surface area contributed by atoms with Gasteiger partial charge in [-0.2, -0.15) is 0 Å². The highest BCUT2D eigenvalue weighted by Gasteiger charge is 2.11. The molecule has 0 aromatic carbocycles. The molecular formula is C7H18NO2PS2. The quantitative estimate of drug-likeness (QED) is 0.571. The van der Waals surface area contributed by atoms with Crippen molar-refractivity contribution in [2.24, 2.45) is 0 Å². The largest absolute Gasteiger partial charge is 0.337 e. The minimum atomic E-state index is -2.53. The van der Waals surface area contributed by atoms with Gasteiger partial charge in [0.2, 0.25) is 5.69 Å². The van der Waals surface area contributed by atoms with E-state index in [1.807, 2.05) is 21.0 Å².